The second kappa shape index (κ2) is 6.79. The summed E-state index contributed by atoms with van der Waals surface area (Å²) in [7, 11) is 0. The van der Waals surface area contributed by atoms with E-state index in [1.807, 2.05) is 12.1 Å². The summed E-state index contributed by atoms with van der Waals surface area (Å²) in [6, 6.07) is 14.9. The molecule has 2 aromatic carbocycles. The van der Waals surface area contributed by atoms with Crippen molar-refractivity contribution in [3.63, 3.8) is 0 Å². The molecule has 2 aliphatic rings. The highest BCUT2D eigenvalue weighted by Gasteiger charge is 2.42. The molecule has 0 aliphatic heterocycles. The van der Waals surface area contributed by atoms with Crippen LogP contribution in [0, 0.1) is 12.8 Å². The van der Waals surface area contributed by atoms with E-state index in [4.69, 9.17) is 4.74 Å². The van der Waals surface area contributed by atoms with Gasteiger partial charge in [-0.15, -0.1) is 0 Å². The predicted molar refractivity (Wildman–Crippen MR) is 102 cm³/mol. The van der Waals surface area contributed by atoms with Crippen LogP contribution in [0.3, 0.4) is 0 Å². The number of carboxylic acid groups (broad SMARTS) is 1. The normalized spacial score (nSPS) is 24.4. The van der Waals surface area contributed by atoms with Crippen molar-refractivity contribution in [2.45, 2.75) is 57.5 Å². The smallest absolute Gasteiger partial charge is 0.306 e. The maximum Gasteiger partial charge on any atom is 0.306 e. The van der Waals surface area contributed by atoms with Gasteiger partial charge in [-0.3, -0.25) is 4.79 Å². The second-order valence-electron chi connectivity index (χ2n) is 7.99. The number of carboxylic acids is 1. The van der Waals surface area contributed by atoms with Crippen LogP contribution < -0.4 is 4.74 Å². The molecule has 26 heavy (non-hydrogen) atoms. The summed E-state index contributed by atoms with van der Waals surface area (Å²) in [5.74, 6) is 0.115. The van der Waals surface area contributed by atoms with Gasteiger partial charge in [0.05, 0.1) is 5.92 Å². The van der Waals surface area contributed by atoms with Gasteiger partial charge in [0.25, 0.3) is 0 Å². The number of aliphatic carboxylic acids is 1. The van der Waals surface area contributed by atoms with Gasteiger partial charge in [-0.05, 0) is 79.7 Å². The highest BCUT2D eigenvalue weighted by Crippen LogP contribution is 2.50. The average molecular weight is 350 g/mol. The lowest BCUT2D eigenvalue weighted by Crippen LogP contribution is -2.32. The molecule has 3 nitrogen and oxygen atoms in total. The highest BCUT2D eigenvalue weighted by atomic mass is 16.5. The van der Waals surface area contributed by atoms with Crippen molar-refractivity contribution in [3.05, 3.63) is 64.7 Å². The van der Waals surface area contributed by atoms with Gasteiger partial charge in [-0.25, -0.2) is 0 Å². The minimum absolute atomic E-state index is 0.155. The first-order valence-corrected chi connectivity index (χ1v) is 9.60. The van der Waals surface area contributed by atoms with Crippen LogP contribution in [0.25, 0.3) is 0 Å². The van der Waals surface area contributed by atoms with E-state index < -0.39 is 5.97 Å². The van der Waals surface area contributed by atoms with Gasteiger partial charge in [0.1, 0.15) is 12.4 Å². The molecule has 3 heteroatoms. The Morgan fingerprint density at radius 3 is 2.54 bits per heavy atom. The first-order valence-electron chi connectivity index (χ1n) is 9.60. The van der Waals surface area contributed by atoms with Crippen LogP contribution in [0.15, 0.2) is 42.5 Å². The van der Waals surface area contributed by atoms with Crippen molar-refractivity contribution in [2.75, 3.05) is 0 Å². The van der Waals surface area contributed by atoms with Crippen LogP contribution in [-0.4, -0.2) is 11.1 Å². The number of hydrogen-bond donors (Lipinski definition) is 1. The number of ether oxygens (including phenoxy) is 1. The zero-order chi connectivity index (χ0) is 18.1. The Morgan fingerprint density at radius 1 is 1.12 bits per heavy atom. The van der Waals surface area contributed by atoms with Gasteiger partial charge in [0.15, 0.2) is 0 Å². The molecule has 2 aromatic rings. The third kappa shape index (κ3) is 3.23. The molecule has 0 aromatic heterocycles. The fourth-order valence-electron chi connectivity index (χ4n) is 4.67. The Bertz CT molecular complexity index is 799. The van der Waals surface area contributed by atoms with Gasteiger partial charge in [-0.1, -0.05) is 35.9 Å². The van der Waals surface area contributed by atoms with Crippen molar-refractivity contribution in [3.8, 4) is 5.75 Å². The number of carbonyl (C=O) groups is 1. The van der Waals surface area contributed by atoms with Crippen LogP contribution in [0.5, 0.6) is 5.75 Å². The lowest BCUT2D eigenvalue weighted by atomic mass is 9.67. The van der Waals surface area contributed by atoms with E-state index in [9.17, 15) is 9.90 Å². The molecule has 0 unspecified atom stereocenters. The number of rotatable bonds is 4. The molecular formula is C23H26O3. The molecule has 1 saturated carbocycles. The number of hydrogen-bond acceptors (Lipinski definition) is 2. The van der Waals surface area contributed by atoms with Crippen LogP contribution in [-0.2, 0) is 23.2 Å². The van der Waals surface area contributed by atoms with Gasteiger partial charge < -0.3 is 9.84 Å². The standard InChI is InChI=1S/C23H26O3/c1-16-2-6-20(7-3-16)26-15-17-4-5-18-8-11-23(21(18)14-17)12-9-19(10-13-23)22(24)25/h2-7,14,19H,8-13,15H2,1H3,(H,24,25). The van der Waals surface area contributed by atoms with Gasteiger partial charge in [-0.2, -0.15) is 0 Å². The fourth-order valence-corrected chi connectivity index (χ4v) is 4.67. The van der Waals surface area contributed by atoms with Gasteiger partial charge in [0, 0.05) is 0 Å². The summed E-state index contributed by atoms with van der Waals surface area (Å²) in [4.78, 5) is 11.3. The Balaban J connectivity index is 1.49. The lowest BCUT2D eigenvalue weighted by molar-refractivity contribution is -0.143. The molecule has 0 amide bonds. The summed E-state index contributed by atoms with van der Waals surface area (Å²) in [5, 5.41) is 9.29. The molecule has 0 bridgehead atoms. The topological polar surface area (TPSA) is 46.5 Å². The lowest BCUT2D eigenvalue weighted by Gasteiger charge is -2.37. The second-order valence-corrected chi connectivity index (χ2v) is 7.99. The monoisotopic (exact) mass is 350 g/mol. The number of fused-ring (bicyclic) bond motifs is 2. The molecule has 2 aliphatic carbocycles. The summed E-state index contributed by atoms with van der Waals surface area (Å²) >= 11 is 0. The molecular weight excluding hydrogens is 324 g/mol. The molecule has 0 saturated heterocycles. The van der Waals surface area contributed by atoms with Gasteiger partial charge in [0.2, 0.25) is 0 Å². The van der Waals surface area contributed by atoms with Gasteiger partial charge >= 0.3 is 5.97 Å². The minimum atomic E-state index is -0.627. The van der Waals surface area contributed by atoms with Crippen LogP contribution >= 0.6 is 0 Å². The van der Waals surface area contributed by atoms with Crippen molar-refractivity contribution in [1.82, 2.24) is 0 Å². The van der Waals surface area contributed by atoms with E-state index in [1.165, 1.54) is 22.3 Å². The summed E-state index contributed by atoms with van der Waals surface area (Å²) in [6.45, 7) is 2.65. The van der Waals surface area contributed by atoms with E-state index in [0.29, 0.717) is 6.61 Å². The van der Waals surface area contributed by atoms with E-state index in [-0.39, 0.29) is 11.3 Å². The summed E-state index contributed by atoms with van der Waals surface area (Å²) in [5.41, 5.74) is 5.52. The molecule has 0 heterocycles. The predicted octanol–water partition coefficient (Wildman–Crippen LogP) is 5.03. The number of benzene rings is 2. The quantitative estimate of drug-likeness (QED) is 0.841. The maximum absolute atomic E-state index is 11.3. The molecule has 4 rings (SSSR count). The average Bonchev–Trinajstić information content (AvgIpc) is 2.99. The van der Waals surface area contributed by atoms with E-state index in [2.05, 4.69) is 37.3 Å². The third-order valence-electron chi connectivity index (χ3n) is 6.34. The van der Waals surface area contributed by atoms with E-state index in [0.717, 1.165) is 44.3 Å². The fraction of sp³-hybridized carbons (Fsp3) is 0.435. The van der Waals surface area contributed by atoms with E-state index >= 15 is 0 Å². The van der Waals surface area contributed by atoms with E-state index in [1.54, 1.807) is 0 Å². The van der Waals surface area contributed by atoms with Crippen molar-refractivity contribution < 1.29 is 14.6 Å². The Hall–Kier alpha value is -2.29. The van der Waals surface area contributed by atoms with Crippen molar-refractivity contribution in [1.29, 1.82) is 0 Å². The van der Waals surface area contributed by atoms with Crippen LogP contribution in [0.2, 0.25) is 0 Å². The zero-order valence-electron chi connectivity index (χ0n) is 15.3. The van der Waals surface area contributed by atoms with Crippen LogP contribution in [0.1, 0.15) is 54.4 Å². The highest BCUT2D eigenvalue weighted by molar-refractivity contribution is 5.70. The summed E-state index contributed by atoms with van der Waals surface area (Å²) in [6.07, 6.45) is 5.89. The first-order chi connectivity index (χ1) is 12.6. The molecule has 1 N–H and O–H groups in total. The number of aryl methyl sites for hydroxylation is 2. The third-order valence-corrected chi connectivity index (χ3v) is 6.34. The largest absolute Gasteiger partial charge is 0.489 e. The molecule has 1 fully saturated rings. The molecule has 1 spiro atoms. The SMILES string of the molecule is Cc1ccc(OCc2ccc3c(c2)C2(CC3)CCC(C(=O)O)CC2)cc1. The van der Waals surface area contributed by atoms with Crippen LogP contribution in [0.4, 0.5) is 0 Å². The summed E-state index contributed by atoms with van der Waals surface area (Å²) < 4.78 is 5.95. The maximum atomic E-state index is 11.3. The van der Waals surface area contributed by atoms with Crippen molar-refractivity contribution in [2.24, 2.45) is 5.92 Å². The minimum Gasteiger partial charge on any atom is -0.489 e. The van der Waals surface area contributed by atoms with Crippen molar-refractivity contribution >= 4 is 5.97 Å². The molecule has 136 valence electrons. The molecule has 0 atom stereocenters. The Labute approximate surface area is 155 Å². The Kier molecular flexibility index (Phi) is 4.47. The Morgan fingerprint density at radius 2 is 1.85 bits per heavy atom. The molecule has 0 radical (unpaired) electrons. The first kappa shape index (κ1) is 17.1. The zero-order valence-corrected chi connectivity index (χ0v) is 15.3.